The summed E-state index contributed by atoms with van der Waals surface area (Å²) in [6.07, 6.45) is -1.39. The molecule has 0 bridgehead atoms. The molecule has 0 saturated carbocycles. The third-order valence-corrected chi connectivity index (χ3v) is 6.93. The Labute approximate surface area is 203 Å². The number of ether oxygens (including phenoxy) is 1. The first-order valence-corrected chi connectivity index (χ1v) is 11.7. The maximum absolute atomic E-state index is 15.0. The molecule has 0 unspecified atom stereocenters. The number of anilines is 2. The number of aromatic nitrogens is 7. The number of nitrogens with two attached hydrogens (primary N) is 1. The molecule has 0 spiro atoms. The quantitative estimate of drug-likeness (QED) is 0.407. The molecule has 2 aliphatic rings. The van der Waals surface area contributed by atoms with E-state index in [1.807, 2.05) is 0 Å². The molecule has 6 heterocycles. The Morgan fingerprint density at radius 1 is 1.25 bits per heavy atom. The van der Waals surface area contributed by atoms with Gasteiger partial charge in [-0.05, 0) is 31.5 Å². The summed E-state index contributed by atoms with van der Waals surface area (Å²) in [4.78, 5) is 11.0. The van der Waals surface area contributed by atoms with Gasteiger partial charge in [0.25, 0.3) is 6.43 Å². The van der Waals surface area contributed by atoms with Crippen LogP contribution < -0.4 is 11.1 Å². The van der Waals surface area contributed by atoms with Gasteiger partial charge in [0.1, 0.15) is 23.7 Å². The highest BCUT2D eigenvalue weighted by molar-refractivity contribution is 5.88. The molecule has 2 aliphatic heterocycles. The van der Waals surface area contributed by atoms with Crippen molar-refractivity contribution < 1.29 is 17.9 Å². The number of halogens is 3. The summed E-state index contributed by atoms with van der Waals surface area (Å²) in [6, 6.07) is 4.69. The predicted molar refractivity (Wildman–Crippen MR) is 125 cm³/mol. The van der Waals surface area contributed by atoms with Crippen LogP contribution in [0.5, 0.6) is 0 Å². The van der Waals surface area contributed by atoms with Crippen molar-refractivity contribution in [2.24, 2.45) is 0 Å². The molecule has 0 radical (unpaired) electrons. The van der Waals surface area contributed by atoms with E-state index in [0.29, 0.717) is 48.5 Å². The summed E-state index contributed by atoms with van der Waals surface area (Å²) in [5.74, 6) is 0.407. The number of piperidine rings is 1. The SMILES string of the molecule is CC1(N2CC[C@@H](Nc3nc(N)c4c(-c5ccc6nnn(CC(F)F)c6n5)ccn4n3)[C@@H](F)C2)COC1. The summed E-state index contributed by atoms with van der Waals surface area (Å²) < 4.78 is 48.7. The lowest BCUT2D eigenvalue weighted by Gasteiger charge is -2.50. The topological polar surface area (TPSA) is 124 Å². The van der Waals surface area contributed by atoms with E-state index in [1.54, 1.807) is 28.9 Å². The zero-order chi connectivity index (χ0) is 25.0. The summed E-state index contributed by atoms with van der Waals surface area (Å²) in [6.45, 7) is 3.79. The van der Waals surface area contributed by atoms with E-state index in [0.717, 1.165) is 11.2 Å². The van der Waals surface area contributed by atoms with Gasteiger partial charge in [0.15, 0.2) is 11.5 Å². The van der Waals surface area contributed by atoms with Crippen molar-refractivity contribution in [2.75, 3.05) is 37.4 Å². The van der Waals surface area contributed by atoms with Gasteiger partial charge in [-0.3, -0.25) is 4.90 Å². The molecule has 4 aromatic heterocycles. The van der Waals surface area contributed by atoms with Gasteiger partial charge in [-0.15, -0.1) is 10.2 Å². The number of hydrogen-bond donors (Lipinski definition) is 2. The largest absolute Gasteiger partial charge is 0.382 e. The maximum atomic E-state index is 15.0. The molecule has 0 aliphatic carbocycles. The average molecular weight is 503 g/mol. The fourth-order valence-corrected chi connectivity index (χ4v) is 4.88. The first kappa shape index (κ1) is 22.9. The van der Waals surface area contributed by atoms with Crippen LogP contribution in [0.1, 0.15) is 13.3 Å². The van der Waals surface area contributed by atoms with Crippen LogP contribution in [-0.2, 0) is 11.3 Å². The fourth-order valence-electron chi connectivity index (χ4n) is 4.88. The average Bonchev–Trinajstić information content (AvgIpc) is 3.43. The van der Waals surface area contributed by atoms with E-state index in [1.165, 1.54) is 0 Å². The van der Waals surface area contributed by atoms with E-state index in [9.17, 15) is 8.78 Å². The van der Waals surface area contributed by atoms with Gasteiger partial charge in [-0.2, -0.15) is 4.98 Å². The molecule has 2 atom stereocenters. The third-order valence-electron chi connectivity index (χ3n) is 6.93. The number of nitrogen functional groups attached to an aromatic ring is 1. The smallest absolute Gasteiger partial charge is 0.258 e. The standard InChI is InChI=1S/C22H25F3N10O/c1-22(10-36-11-22)33-6-5-15(13(23)8-33)28-21-29-19(26)18-12(4-7-34(18)31-21)14-2-3-16-20(27-14)35(32-30-16)9-17(24)25/h2-4,7,13,15,17H,5-6,8-11H2,1H3,(H3,26,28,29,31)/t13-,15+/m0/s1. The van der Waals surface area contributed by atoms with Crippen LogP contribution in [0.15, 0.2) is 24.4 Å². The van der Waals surface area contributed by atoms with Gasteiger partial charge >= 0.3 is 0 Å². The number of nitrogens with zero attached hydrogens (tertiary/aromatic N) is 8. The summed E-state index contributed by atoms with van der Waals surface area (Å²) in [5, 5.41) is 15.2. The van der Waals surface area contributed by atoms with E-state index < -0.39 is 25.2 Å². The number of nitrogens with one attached hydrogen (secondary N) is 1. The minimum Gasteiger partial charge on any atom is -0.382 e. The predicted octanol–water partition coefficient (Wildman–Crippen LogP) is 2.00. The van der Waals surface area contributed by atoms with E-state index >= 15 is 4.39 Å². The lowest BCUT2D eigenvalue weighted by Crippen LogP contribution is -2.64. The Hall–Kier alpha value is -3.52. The monoisotopic (exact) mass is 502 g/mol. The number of fused-ring (bicyclic) bond motifs is 2. The molecule has 2 saturated heterocycles. The van der Waals surface area contributed by atoms with Crippen molar-refractivity contribution in [3.8, 4) is 11.3 Å². The maximum Gasteiger partial charge on any atom is 0.258 e. The molecule has 36 heavy (non-hydrogen) atoms. The van der Waals surface area contributed by atoms with Crippen LogP contribution in [0.3, 0.4) is 0 Å². The number of pyridine rings is 1. The summed E-state index contributed by atoms with van der Waals surface area (Å²) >= 11 is 0. The number of likely N-dealkylation sites (tertiary alicyclic amines) is 1. The summed E-state index contributed by atoms with van der Waals surface area (Å²) in [5.41, 5.74) is 8.46. The van der Waals surface area contributed by atoms with Crippen LogP contribution >= 0.6 is 0 Å². The first-order valence-electron chi connectivity index (χ1n) is 11.7. The highest BCUT2D eigenvalue weighted by atomic mass is 19.3. The minimum atomic E-state index is -2.59. The Balaban J connectivity index is 1.25. The molecule has 11 nitrogen and oxygen atoms in total. The molecular formula is C22H25F3N10O. The Bertz CT molecular complexity index is 1420. The van der Waals surface area contributed by atoms with Crippen LogP contribution in [0.25, 0.3) is 27.9 Å². The highest BCUT2D eigenvalue weighted by Gasteiger charge is 2.43. The Kier molecular flexibility index (Phi) is 5.44. The lowest BCUT2D eigenvalue weighted by molar-refractivity contribution is -0.142. The van der Waals surface area contributed by atoms with Gasteiger partial charge in [0, 0.05) is 24.8 Å². The van der Waals surface area contributed by atoms with E-state index in [2.05, 4.69) is 42.5 Å². The van der Waals surface area contributed by atoms with Crippen molar-refractivity contribution >= 4 is 28.4 Å². The van der Waals surface area contributed by atoms with Crippen LogP contribution in [0.4, 0.5) is 24.9 Å². The number of rotatable bonds is 6. The van der Waals surface area contributed by atoms with Crippen LogP contribution in [-0.4, -0.2) is 90.0 Å². The van der Waals surface area contributed by atoms with Gasteiger partial charge in [0.2, 0.25) is 5.95 Å². The molecule has 6 rings (SSSR count). The molecule has 4 aromatic rings. The van der Waals surface area contributed by atoms with E-state index in [-0.39, 0.29) is 23.0 Å². The minimum absolute atomic E-state index is 0.0963. The van der Waals surface area contributed by atoms with Crippen molar-refractivity contribution in [2.45, 2.75) is 44.1 Å². The molecule has 0 amide bonds. The Morgan fingerprint density at radius 3 is 2.81 bits per heavy atom. The van der Waals surface area contributed by atoms with Crippen LogP contribution in [0.2, 0.25) is 0 Å². The van der Waals surface area contributed by atoms with Crippen molar-refractivity contribution in [1.82, 2.24) is 39.5 Å². The van der Waals surface area contributed by atoms with E-state index in [4.69, 9.17) is 10.5 Å². The zero-order valence-electron chi connectivity index (χ0n) is 19.5. The molecular weight excluding hydrogens is 477 g/mol. The van der Waals surface area contributed by atoms with Crippen LogP contribution in [0, 0.1) is 0 Å². The third kappa shape index (κ3) is 3.89. The van der Waals surface area contributed by atoms with Crippen molar-refractivity contribution in [3.63, 3.8) is 0 Å². The Morgan fingerprint density at radius 2 is 2.08 bits per heavy atom. The molecule has 190 valence electrons. The molecule has 14 heteroatoms. The summed E-state index contributed by atoms with van der Waals surface area (Å²) in [7, 11) is 0. The van der Waals surface area contributed by atoms with Gasteiger partial charge < -0.3 is 15.8 Å². The first-order chi connectivity index (χ1) is 17.3. The van der Waals surface area contributed by atoms with Gasteiger partial charge in [0.05, 0.1) is 30.5 Å². The molecule has 2 fully saturated rings. The fraction of sp³-hybridized carbons (Fsp3) is 0.500. The second kappa shape index (κ2) is 8.55. The zero-order valence-corrected chi connectivity index (χ0v) is 19.5. The number of hydrogen-bond acceptors (Lipinski definition) is 9. The van der Waals surface area contributed by atoms with Crippen molar-refractivity contribution in [3.05, 3.63) is 24.4 Å². The second-order valence-electron chi connectivity index (χ2n) is 9.54. The normalized spacial score (nSPS) is 22.4. The number of alkyl halides is 3. The van der Waals surface area contributed by atoms with Gasteiger partial charge in [-0.1, -0.05) is 5.21 Å². The molecule has 0 aromatic carbocycles. The lowest BCUT2D eigenvalue weighted by atomic mass is 9.92. The molecule has 3 N–H and O–H groups in total. The van der Waals surface area contributed by atoms with Crippen molar-refractivity contribution in [1.29, 1.82) is 0 Å². The second-order valence-corrected chi connectivity index (χ2v) is 9.54. The van der Waals surface area contributed by atoms with Gasteiger partial charge in [-0.25, -0.2) is 27.4 Å². The highest BCUT2D eigenvalue weighted by Crippen LogP contribution is 2.31.